The summed E-state index contributed by atoms with van der Waals surface area (Å²) in [7, 11) is 0. The summed E-state index contributed by atoms with van der Waals surface area (Å²) >= 11 is 3.11. The maximum absolute atomic E-state index is 11.9. The average Bonchev–Trinajstić information content (AvgIpc) is 2.64. The Kier molecular flexibility index (Phi) is 4.54. The van der Waals surface area contributed by atoms with Crippen molar-refractivity contribution in [2.45, 2.75) is 13.3 Å². The summed E-state index contributed by atoms with van der Waals surface area (Å²) in [5.41, 5.74) is 0.409. The molecule has 0 saturated carbocycles. The molecule has 0 bridgehead atoms. The van der Waals surface area contributed by atoms with Crippen molar-refractivity contribution in [1.82, 2.24) is 4.90 Å². The second kappa shape index (κ2) is 5.69. The molecule has 16 heavy (non-hydrogen) atoms. The molecule has 0 fully saturated rings. The van der Waals surface area contributed by atoms with Crippen LogP contribution in [0.2, 0.25) is 0 Å². The van der Waals surface area contributed by atoms with Crippen molar-refractivity contribution >= 4 is 27.8 Å². The molecule has 0 spiro atoms. The first kappa shape index (κ1) is 12.8. The predicted molar refractivity (Wildman–Crippen MR) is 60.2 cm³/mol. The van der Waals surface area contributed by atoms with E-state index in [9.17, 15) is 9.59 Å². The summed E-state index contributed by atoms with van der Waals surface area (Å²) in [4.78, 5) is 23.8. The van der Waals surface area contributed by atoms with Gasteiger partial charge < -0.3 is 14.4 Å². The molecule has 1 heterocycles. The number of aliphatic carboxylic acids is 1. The molecule has 1 amide bonds. The summed E-state index contributed by atoms with van der Waals surface area (Å²) in [6.45, 7) is 2.46. The van der Waals surface area contributed by atoms with Crippen LogP contribution in [0.3, 0.4) is 0 Å². The molecule has 0 radical (unpaired) electrons. The van der Waals surface area contributed by atoms with E-state index in [1.54, 1.807) is 13.0 Å². The van der Waals surface area contributed by atoms with Gasteiger partial charge in [0.25, 0.3) is 5.91 Å². The summed E-state index contributed by atoms with van der Waals surface area (Å²) < 4.78 is 5.33. The van der Waals surface area contributed by atoms with E-state index in [4.69, 9.17) is 9.52 Å². The molecule has 1 N–H and O–H groups in total. The fraction of sp³-hybridized carbons (Fsp3) is 0.400. The topological polar surface area (TPSA) is 70.8 Å². The van der Waals surface area contributed by atoms with Gasteiger partial charge in [-0.05, 0) is 28.9 Å². The number of carboxylic acid groups (broad SMARTS) is 1. The number of hydrogen-bond acceptors (Lipinski definition) is 3. The average molecular weight is 290 g/mol. The number of nitrogens with zero attached hydrogens (tertiary/aromatic N) is 1. The van der Waals surface area contributed by atoms with E-state index in [0.717, 1.165) is 0 Å². The maximum Gasteiger partial charge on any atom is 0.305 e. The van der Waals surface area contributed by atoms with E-state index < -0.39 is 5.97 Å². The van der Waals surface area contributed by atoms with Gasteiger partial charge in [-0.3, -0.25) is 9.59 Å². The monoisotopic (exact) mass is 289 g/mol. The molecule has 6 heteroatoms. The van der Waals surface area contributed by atoms with E-state index in [-0.39, 0.29) is 18.9 Å². The number of halogens is 1. The minimum Gasteiger partial charge on any atom is -0.481 e. The zero-order valence-corrected chi connectivity index (χ0v) is 10.4. The normalized spacial score (nSPS) is 10.1. The van der Waals surface area contributed by atoms with Crippen LogP contribution in [0, 0.1) is 0 Å². The molecule has 1 aromatic heterocycles. The lowest BCUT2D eigenvalue weighted by atomic mass is 10.2. The van der Waals surface area contributed by atoms with Crippen molar-refractivity contribution in [2.24, 2.45) is 0 Å². The molecule has 1 aromatic rings. The number of amides is 1. The smallest absolute Gasteiger partial charge is 0.305 e. The Labute approximate surface area is 101 Å². The number of hydrogen-bond donors (Lipinski definition) is 1. The number of carbonyl (C=O) groups is 2. The SMILES string of the molecule is CCN(CCC(=O)O)C(=O)c1ccoc1Br. The van der Waals surface area contributed by atoms with Crippen LogP contribution in [0.4, 0.5) is 0 Å². The number of furan rings is 1. The molecule has 88 valence electrons. The van der Waals surface area contributed by atoms with Crippen LogP contribution in [0.1, 0.15) is 23.7 Å². The van der Waals surface area contributed by atoms with Crippen LogP contribution in [0.15, 0.2) is 21.4 Å². The fourth-order valence-corrected chi connectivity index (χ4v) is 1.66. The Hall–Kier alpha value is -1.30. The van der Waals surface area contributed by atoms with Crippen molar-refractivity contribution < 1.29 is 19.1 Å². The maximum atomic E-state index is 11.9. The summed E-state index contributed by atoms with van der Waals surface area (Å²) in [6.07, 6.45) is 1.34. The van der Waals surface area contributed by atoms with Gasteiger partial charge in [-0.2, -0.15) is 0 Å². The highest BCUT2D eigenvalue weighted by atomic mass is 79.9. The van der Waals surface area contributed by atoms with Crippen LogP contribution < -0.4 is 0 Å². The van der Waals surface area contributed by atoms with E-state index in [0.29, 0.717) is 16.8 Å². The number of carboxylic acids is 1. The Morgan fingerprint density at radius 1 is 1.56 bits per heavy atom. The Bertz CT molecular complexity index is 388. The lowest BCUT2D eigenvalue weighted by Gasteiger charge is -2.19. The highest BCUT2D eigenvalue weighted by molar-refractivity contribution is 9.10. The van der Waals surface area contributed by atoms with Crippen LogP contribution in [-0.4, -0.2) is 35.0 Å². The first-order valence-electron chi connectivity index (χ1n) is 4.80. The van der Waals surface area contributed by atoms with Crippen molar-refractivity contribution in [2.75, 3.05) is 13.1 Å². The van der Waals surface area contributed by atoms with Crippen LogP contribution in [0.25, 0.3) is 0 Å². The molecule has 0 aromatic carbocycles. The van der Waals surface area contributed by atoms with Gasteiger partial charge in [0.2, 0.25) is 0 Å². The predicted octanol–water partition coefficient (Wildman–Crippen LogP) is 1.98. The van der Waals surface area contributed by atoms with Gasteiger partial charge in [0.1, 0.15) is 0 Å². The van der Waals surface area contributed by atoms with Gasteiger partial charge in [0.05, 0.1) is 18.2 Å². The van der Waals surface area contributed by atoms with Gasteiger partial charge in [-0.25, -0.2) is 0 Å². The fourth-order valence-electron chi connectivity index (χ4n) is 1.25. The molecular weight excluding hydrogens is 278 g/mol. The van der Waals surface area contributed by atoms with Gasteiger partial charge in [0, 0.05) is 13.1 Å². The summed E-state index contributed by atoms with van der Waals surface area (Å²) in [6, 6.07) is 1.55. The highest BCUT2D eigenvalue weighted by Gasteiger charge is 2.19. The standard InChI is InChI=1S/C10H12BrNO4/c1-2-12(5-3-8(13)14)10(15)7-4-6-16-9(7)11/h4,6H,2-3,5H2,1H3,(H,13,14). The number of rotatable bonds is 5. The van der Waals surface area contributed by atoms with E-state index in [1.165, 1.54) is 11.2 Å². The van der Waals surface area contributed by atoms with Crippen molar-refractivity contribution in [1.29, 1.82) is 0 Å². The Morgan fingerprint density at radius 2 is 2.25 bits per heavy atom. The highest BCUT2D eigenvalue weighted by Crippen LogP contribution is 2.19. The first-order chi connectivity index (χ1) is 7.56. The lowest BCUT2D eigenvalue weighted by Crippen LogP contribution is -2.32. The van der Waals surface area contributed by atoms with Gasteiger partial charge in [-0.15, -0.1) is 0 Å². The summed E-state index contributed by atoms with van der Waals surface area (Å²) in [5.74, 6) is -1.15. The minimum atomic E-state index is -0.919. The lowest BCUT2D eigenvalue weighted by molar-refractivity contribution is -0.137. The zero-order chi connectivity index (χ0) is 12.1. The van der Waals surface area contributed by atoms with Crippen LogP contribution >= 0.6 is 15.9 Å². The Balaban J connectivity index is 2.70. The molecule has 0 aliphatic heterocycles. The third-order valence-electron chi connectivity index (χ3n) is 2.11. The Morgan fingerprint density at radius 3 is 2.69 bits per heavy atom. The largest absolute Gasteiger partial charge is 0.481 e. The van der Waals surface area contributed by atoms with Gasteiger partial charge in [0.15, 0.2) is 4.67 Å². The molecule has 0 saturated heterocycles. The van der Waals surface area contributed by atoms with Crippen molar-refractivity contribution in [3.05, 3.63) is 22.6 Å². The third-order valence-corrected chi connectivity index (χ3v) is 2.73. The second-order valence-corrected chi connectivity index (χ2v) is 3.86. The molecule has 5 nitrogen and oxygen atoms in total. The van der Waals surface area contributed by atoms with Crippen molar-refractivity contribution in [3.8, 4) is 0 Å². The molecular formula is C10H12BrNO4. The minimum absolute atomic E-state index is 0.0605. The van der Waals surface area contributed by atoms with Crippen LogP contribution in [-0.2, 0) is 4.79 Å². The molecule has 0 atom stereocenters. The van der Waals surface area contributed by atoms with Crippen LogP contribution in [0.5, 0.6) is 0 Å². The number of carbonyl (C=O) groups excluding carboxylic acids is 1. The first-order valence-corrected chi connectivity index (χ1v) is 5.59. The van der Waals surface area contributed by atoms with Crippen molar-refractivity contribution in [3.63, 3.8) is 0 Å². The quantitative estimate of drug-likeness (QED) is 0.900. The zero-order valence-electron chi connectivity index (χ0n) is 8.77. The molecule has 1 rings (SSSR count). The second-order valence-electron chi connectivity index (χ2n) is 3.14. The van der Waals surface area contributed by atoms with Gasteiger partial charge in [-0.1, -0.05) is 0 Å². The summed E-state index contributed by atoms with van der Waals surface area (Å²) in [5, 5.41) is 8.56. The molecule has 0 aliphatic rings. The van der Waals surface area contributed by atoms with Gasteiger partial charge >= 0.3 is 5.97 Å². The molecule has 0 unspecified atom stereocenters. The van der Waals surface area contributed by atoms with E-state index in [1.807, 2.05) is 0 Å². The van der Waals surface area contributed by atoms with E-state index in [2.05, 4.69) is 15.9 Å². The third kappa shape index (κ3) is 3.10. The molecule has 0 aliphatic carbocycles. The van der Waals surface area contributed by atoms with E-state index >= 15 is 0 Å².